The average Bonchev–Trinajstić information content (AvgIpc) is 3.28. The Morgan fingerprint density at radius 2 is 1.05 bits per heavy atom. The van der Waals surface area contributed by atoms with E-state index in [0.717, 1.165) is 22.5 Å². The van der Waals surface area contributed by atoms with Crippen LogP contribution in [0.1, 0.15) is 0 Å². The van der Waals surface area contributed by atoms with Crippen LogP contribution in [0.2, 0.25) is 0 Å². The summed E-state index contributed by atoms with van der Waals surface area (Å²) in [6.07, 6.45) is 11.1. The fraction of sp³-hybridized carbons (Fsp3) is 0. The van der Waals surface area contributed by atoms with Crippen LogP contribution in [0.25, 0.3) is 22.5 Å². The second-order valence-corrected chi connectivity index (χ2v) is 4.97. The van der Waals surface area contributed by atoms with Crippen LogP contribution in [0.15, 0.2) is 86.0 Å². The molecule has 0 spiro atoms. The number of hydrogen-bond acceptors (Lipinski definition) is 2. The molecule has 4 rings (SSSR count). The highest BCUT2D eigenvalue weighted by atomic mass is 15.0. The zero-order chi connectivity index (χ0) is 14.8. The van der Waals surface area contributed by atoms with Crippen molar-refractivity contribution < 1.29 is 0 Å². The van der Waals surface area contributed by atoms with Crippen LogP contribution in [0, 0.1) is 0 Å². The van der Waals surface area contributed by atoms with Crippen molar-refractivity contribution in [2.75, 3.05) is 0 Å². The summed E-state index contributed by atoms with van der Waals surface area (Å²) in [5.74, 6) is 0. The van der Waals surface area contributed by atoms with Gasteiger partial charge in [0.2, 0.25) is 0 Å². The Hall–Kier alpha value is -3.14. The maximum absolute atomic E-state index is 4.15. The van der Waals surface area contributed by atoms with Crippen LogP contribution in [-0.4, -0.2) is 19.1 Å². The molecule has 4 heteroatoms. The molecule has 4 aromatic rings. The predicted octanol–water partition coefficient (Wildman–Crippen LogP) is 3.73. The zero-order valence-corrected chi connectivity index (χ0v) is 11.9. The van der Waals surface area contributed by atoms with E-state index in [0.29, 0.717) is 0 Å². The molecule has 22 heavy (non-hydrogen) atoms. The first-order chi connectivity index (χ1) is 10.9. The third-order valence-electron chi connectivity index (χ3n) is 3.66. The molecule has 0 saturated carbocycles. The van der Waals surface area contributed by atoms with Crippen molar-refractivity contribution in [2.45, 2.75) is 0 Å². The van der Waals surface area contributed by atoms with Gasteiger partial charge >= 0.3 is 0 Å². The van der Waals surface area contributed by atoms with Gasteiger partial charge in [0.15, 0.2) is 0 Å². The number of aromatic nitrogens is 4. The van der Waals surface area contributed by atoms with Gasteiger partial charge in [0.1, 0.15) is 0 Å². The van der Waals surface area contributed by atoms with E-state index in [1.807, 2.05) is 46.3 Å². The minimum atomic E-state index is 1.10. The van der Waals surface area contributed by atoms with Crippen molar-refractivity contribution in [3.63, 3.8) is 0 Å². The van der Waals surface area contributed by atoms with Crippen LogP contribution in [0.3, 0.4) is 0 Å². The molecule has 0 aliphatic carbocycles. The van der Waals surface area contributed by atoms with Crippen LogP contribution in [0.4, 0.5) is 0 Å². The lowest BCUT2D eigenvalue weighted by Gasteiger charge is -2.14. The highest BCUT2D eigenvalue weighted by Gasteiger charge is 2.11. The van der Waals surface area contributed by atoms with Crippen molar-refractivity contribution in [3.05, 3.63) is 86.0 Å². The Balaban J connectivity index is 1.95. The molecular formula is C18H14N4. The molecule has 0 aliphatic heterocycles. The largest absolute Gasteiger partial charge is 0.306 e. The molecule has 106 valence electrons. The highest BCUT2D eigenvalue weighted by molar-refractivity contribution is 5.79. The fourth-order valence-corrected chi connectivity index (χ4v) is 2.66. The zero-order valence-electron chi connectivity index (χ0n) is 11.9. The summed E-state index contributed by atoms with van der Waals surface area (Å²) in [5, 5.41) is 0. The van der Waals surface area contributed by atoms with Crippen LogP contribution >= 0.6 is 0 Å². The molecule has 0 bridgehead atoms. The molecule has 4 nitrogen and oxygen atoms in total. The molecule has 0 atom stereocenters. The third-order valence-corrected chi connectivity index (χ3v) is 3.66. The lowest BCUT2D eigenvalue weighted by Crippen LogP contribution is -1.98. The number of para-hydroxylation sites is 2. The summed E-state index contributed by atoms with van der Waals surface area (Å²) in [4.78, 5) is 8.31. The van der Waals surface area contributed by atoms with Crippen LogP contribution < -0.4 is 0 Å². The second-order valence-electron chi connectivity index (χ2n) is 4.97. The summed E-state index contributed by atoms with van der Waals surface area (Å²) in [6, 6.07) is 16.7. The lowest BCUT2D eigenvalue weighted by molar-refractivity contribution is 1.04. The Labute approximate surface area is 128 Å². The first kappa shape index (κ1) is 12.6. The van der Waals surface area contributed by atoms with E-state index in [1.165, 1.54) is 0 Å². The minimum Gasteiger partial charge on any atom is -0.306 e. The number of rotatable bonds is 3. The predicted molar refractivity (Wildman–Crippen MR) is 86.1 cm³/mol. The molecule has 0 N–H and O–H groups in total. The Morgan fingerprint density at radius 1 is 0.591 bits per heavy atom. The first-order valence-electron chi connectivity index (χ1n) is 7.08. The van der Waals surface area contributed by atoms with E-state index in [-0.39, 0.29) is 0 Å². The van der Waals surface area contributed by atoms with Gasteiger partial charge < -0.3 is 9.13 Å². The summed E-state index contributed by atoms with van der Waals surface area (Å²) in [5.41, 5.74) is 4.52. The van der Waals surface area contributed by atoms with E-state index in [2.05, 4.69) is 46.4 Å². The fourth-order valence-electron chi connectivity index (χ4n) is 2.66. The molecule has 0 saturated heterocycles. The van der Waals surface area contributed by atoms with Gasteiger partial charge in [-0.2, -0.15) is 0 Å². The summed E-state index contributed by atoms with van der Waals surface area (Å²) < 4.78 is 4.06. The number of benzene rings is 2. The van der Waals surface area contributed by atoms with Crippen molar-refractivity contribution in [1.29, 1.82) is 0 Å². The van der Waals surface area contributed by atoms with E-state index < -0.39 is 0 Å². The number of nitrogens with zero attached hydrogens (tertiary/aromatic N) is 4. The van der Waals surface area contributed by atoms with Gasteiger partial charge in [-0.1, -0.05) is 36.4 Å². The van der Waals surface area contributed by atoms with Crippen molar-refractivity contribution in [1.82, 2.24) is 19.1 Å². The smallest absolute Gasteiger partial charge is 0.0991 e. The summed E-state index contributed by atoms with van der Waals surface area (Å²) >= 11 is 0. The van der Waals surface area contributed by atoms with E-state index in [4.69, 9.17) is 0 Å². The SMILES string of the molecule is c1ccc(-n2ccnc2)c(-c2ccccc2-n2ccnc2)c1. The molecule has 0 radical (unpaired) electrons. The maximum Gasteiger partial charge on any atom is 0.0991 e. The highest BCUT2D eigenvalue weighted by Crippen LogP contribution is 2.31. The number of imidazole rings is 2. The molecule has 0 amide bonds. The molecular weight excluding hydrogens is 272 g/mol. The molecule has 0 unspecified atom stereocenters. The minimum absolute atomic E-state index is 1.10. The molecule has 2 aromatic heterocycles. The van der Waals surface area contributed by atoms with Gasteiger partial charge in [0.05, 0.1) is 24.0 Å². The Bertz CT molecular complexity index is 801. The topological polar surface area (TPSA) is 35.6 Å². The van der Waals surface area contributed by atoms with Crippen LogP contribution in [0.5, 0.6) is 0 Å². The molecule has 2 heterocycles. The quantitative estimate of drug-likeness (QED) is 0.575. The van der Waals surface area contributed by atoms with Crippen molar-refractivity contribution >= 4 is 0 Å². The monoisotopic (exact) mass is 286 g/mol. The standard InChI is InChI=1S/C18H14N4/c1-3-7-17(21-11-9-19-13-21)15(5-1)16-6-2-4-8-18(16)22-12-10-20-14-22/h1-14H. The maximum atomic E-state index is 4.15. The van der Waals surface area contributed by atoms with E-state index >= 15 is 0 Å². The second kappa shape index (κ2) is 5.33. The normalized spacial score (nSPS) is 10.7. The molecule has 0 aliphatic rings. The van der Waals surface area contributed by atoms with Gasteiger partial charge in [-0.15, -0.1) is 0 Å². The van der Waals surface area contributed by atoms with Gasteiger partial charge in [0, 0.05) is 35.9 Å². The van der Waals surface area contributed by atoms with Crippen molar-refractivity contribution in [3.8, 4) is 22.5 Å². The average molecular weight is 286 g/mol. The third kappa shape index (κ3) is 2.11. The van der Waals surface area contributed by atoms with E-state index in [9.17, 15) is 0 Å². The number of hydrogen-bond donors (Lipinski definition) is 0. The van der Waals surface area contributed by atoms with Crippen molar-refractivity contribution in [2.24, 2.45) is 0 Å². The Morgan fingerprint density at radius 3 is 1.45 bits per heavy atom. The lowest BCUT2D eigenvalue weighted by atomic mass is 10.0. The first-order valence-corrected chi connectivity index (χ1v) is 7.08. The van der Waals surface area contributed by atoms with Crippen LogP contribution in [-0.2, 0) is 0 Å². The molecule has 2 aromatic carbocycles. The summed E-state index contributed by atoms with van der Waals surface area (Å²) in [7, 11) is 0. The van der Waals surface area contributed by atoms with Gasteiger partial charge in [-0.25, -0.2) is 9.97 Å². The summed E-state index contributed by atoms with van der Waals surface area (Å²) in [6.45, 7) is 0. The van der Waals surface area contributed by atoms with Gasteiger partial charge in [-0.05, 0) is 12.1 Å². The molecule has 0 fully saturated rings. The van der Waals surface area contributed by atoms with Gasteiger partial charge in [-0.3, -0.25) is 0 Å². The van der Waals surface area contributed by atoms with E-state index in [1.54, 1.807) is 12.4 Å². The van der Waals surface area contributed by atoms with Gasteiger partial charge in [0.25, 0.3) is 0 Å². The Kier molecular flexibility index (Phi) is 3.05.